The Morgan fingerprint density at radius 2 is 2.04 bits per heavy atom. The van der Waals surface area contributed by atoms with Crippen LogP contribution in [-0.2, 0) is 17.9 Å². The maximum atomic E-state index is 13.1. The number of pyridine rings is 1. The van der Waals surface area contributed by atoms with Gasteiger partial charge in [-0.1, -0.05) is 6.07 Å². The van der Waals surface area contributed by atoms with Crippen LogP contribution < -0.4 is 10.9 Å². The van der Waals surface area contributed by atoms with Gasteiger partial charge in [0.05, 0.1) is 6.04 Å². The van der Waals surface area contributed by atoms with Crippen molar-refractivity contribution in [2.24, 2.45) is 5.92 Å². The van der Waals surface area contributed by atoms with Crippen LogP contribution in [0.1, 0.15) is 36.4 Å². The van der Waals surface area contributed by atoms with Crippen LogP contribution in [-0.4, -0.2) is 60.0 Å². The molecular weight excluding hydrogens is 387 g/mol. The third-order valence-electron chi connectivity index (χ3n) is 6.05. The molecule has 6 nitrogen and oxygen atoms in total. The van der Waals surface area contributed by atoms with E-state index in [0.717, 1.165) is 44.6 Å². The van der Waals surface area contributed by atoms with Crippen LogP contribution in [0.4, 0.5) is 0 Å². The number of hydrogen-bond donors (Lipinski definition) is 1. The Hall–Kier alpha value is -1.08. The van der Waals surface area contributed by atoms with Gasteiger partial charge in [0.25, 0.3) is 5.56 Å². The number of rotatable bonds is 3. The van der Waals surface area contributed by atoms with Crippen LogP contribution in [0.2, 0.25) is 0 Å². The number of aromatic nitrogens is 1. The summed E-state index contributed by atoms with van der Waals surface area (Å²) >= 11 is 0. The van der Waals surface area contributed by atoms with Gasteiger partial charge in [0, 0.05) is 50.9 Å². The average Bonchev–Trinajstić information content (AvgIpc) is 3.05. The molecule has 3 atom stereocenters. The molecule has 0 aromatic carbocycles. The Morgan fingerprint density at radius 1 is 1.26 bits per heavy atom. The number of halogens is 2. The van der Waals surface area contributed by atoms with Crippen LogP contribution in [0, 0.1) is 5.92 Å². The summed E-state index contributed by atoms with van der Waals surface area (Å²) in [6.45, 7) is 4.28. The Bertz CT molecular complexity index is 737. The maximum absolute atomic E-state index is 13.1. The molecule has 0 unspecified atom stereocenters. The molecule has 27 heavy (non-hydrogen) atoms. The van der Waals surface area contributed by atoms with E-state index in [2.05, 4.69) is 16.3 Å². The van der Waals surface area contributed by atoms with E-state index >= 15 is 0 Å². The molecule has 1 amide bonds. The van der Waals surface area contributed by atoms with Crippen LogP contribution in [0.3, 0.4) is 0 Å². The smallest absolute Gasteiger partial charge is 0.255 e. The molecule has 1 aromatic heterocycles. The van der Waals surface area contributed by atoms with E-state index in [1.54, 1.807) is 19.0 Å². The molecule has 4 heterocycles. The zero-order valence-corrected chi connectivity index (χ0v) is 17.7. The number of carbonyl (C=O) groups is 1. The summed E-state index contributed by atoms with van der Waals surface area (Å²) in [5.41, 5.74) is 2.16. The van der Waals surface area contributed by atoms with Crippen LogP contribution in [0.5, 0.6) is 0 Å². The third kappa shape index (κ3) is 4.19. The summed E-state index contributed by atoms with van der Waals surface area (Å²) in [5, 5.41) is 3.48. The largest absolute Gasteiger partial charge is 0.347 e. The topological polar surface area (TPSA) is 57.6 Å². The molecule has 2 bridgehead atoms. The molecule has 1 aromatic rings. The summed E-state index contributed by atoms with van der Waals surface area (Å²) in [7, 11) is 3.61. The molecule has 8 heteroatoms. The normalized spacial score (nSPS) is 26.5. The average molecular weight is 417 g/mol. The fourth-order valence-corrected chi connectivity index (χ4v) is 4.77. The van der Waals surface area contributed by atoms with Gasteiger partial charge in [-0.2, -0.15) is 0 Å². The number of likely N-dealkylation sites (N-methyl/N-ethyl adjacent to an activating group) is 1. The number of nitrogens with zero attached hydrogens (tertiary/aromatic N) is 3. The Kier molecular flexibility index (Phi) is 7.36. The molecule has 2 saturated heterocycles. The highest BCUT2D eigenvalue weighted by Gasteiger charge is 2.34. The second kappa shape index (κ2) is 8.95. The SMILES string of the molecule is CN(C)C(=O)[C@@H]1CCCN1Cc1ccc2n(c1=O)C[C@@H]1CNC[C@H]2C1.Cl.Cl. The Balaban J connectivity index is 0.00000131. The van der Waals surface area contributed by atoms with Gasteiger partial charge in [0.1, 0.15) is 0 Å². The number of hydrogen-bond acceptors (Lipinski definition) is 4. The van der Waals surface area contributed by atoms with Gasteiger partial charge in [-0.05, 0) is 44.3 Å². The first-order valence-electron chi connectivity index (χ1n) is 9.43. The molecule has 3 aliphatic heterocycles. The van der Waals surface area contributed by atoms with E-state index < -0.39 is 0 Å². The predicted octanol–water partition coefficient (Wildman–Crippen LogP) is 1.45. The lowest BCUT2D eigenvalue weighted by molar-refractivity contribution is -0.133. The minimum Gasteiger partial charge on any atom is -0.347 e. The maximum Gasteiger partial charge on any atom is 0.255 e. The second-order valence-corrected chi connectivity index (χ2v) is 8.02. The highest BCUT2D eigenvalue weighted by molar-refractivity contribution is 5.85. The third-order valence-corrected chi connectivity index (χ3v) is 6.05. The Labute approximate surface area is 173 Å². The molecule has 0 saturated carbocycles. The van der Waals surface area contributed by atoms with Crippen molar-refractivity contribution in [1.29, 1.82) is 0 Å². The van der Waals surface area contributed by atoms with Crippen LogP contribution in [0.15, 0.2) is 16.9 Å². The van der Waals surface area contributed by atoms with E-state index in [-0.39, 0.29) is 42.3 Å². The van der Waals surface area contributed by atoms with Crippen molar-refractivity contribution in [3.8, 4) is 0 Å². The summed E-state index contributed by atoms with van der Waals surface area (Å²) in [5.74, 6) is 1.18. The highest BCUT2D eigenvalue weighted by atomic mass is 35.5. The predicted molar refractivity (Wildman–Crippen MR) is 111 cm³/mol. The summed E-state index contributed by atoms with van der Waals surface area (Å²) in [6.07, 6.45) is 3.10. The zero-order valence-electron chi connectivity index (χ0n) is 16.0. The molecule has 3 aliphatic rings. The van der Waals surface area contributed by atoms with Gasteiger partial charge in [0.15, 0.2) is 0 Å². The van der Waals surface area contributed by atoms with E-state index in [1.807, 2.05) is 10.6 Å². The van der Waals surface area contributed by atoms with Gasteiger partial charge in [0.2, 0.25) is 5.91 Å². The first-order chi connectivity index (χ1) is 12.0. The van der Waals surface area contributed by atoms with Gasteiger partial charge >= 0.3 is 0 Å². The standard InChI is InChI=1S/C19H28N4O2.2ClH/c1-21(2)19(25)17-4-3-7-22(17)12-14-5-6-16-15-8-13(9-20-10-15)11-23(16)18(14)24;;/h5-6,13,15,17,20H,3-4,7-12H2,1-2H3;2*1H/t13-,15+,17-;;/m0../s1. The van der Waals surface area contributed by atoms with Gasteiger partial charge in [-0.3, -0.25) is 14.5 Å². The van der Waals surface area contributed by atoms with Crippen molar-refractivity contribution in [3.05, 3.63) is 33.7 Å². The Morgan fingerprint density at radius 3 is 2.78 bits per heavy atom. The van der Waals surface area contributed by atoms with Crippen molar-refractivity contribution >= 4 is 30.7 Å². The number of piperidine rings is 1. The number of carbonyl (C=O) groups excluding carboxylic acids is 1. The van der Waals surface area contributed by atoms with Gasteiger partial charge in [-0.15, -0.1) is 24.8 Å². The lowest BCUT2D eigenvalue weighted by atomic mass is 9.84. The van der Waals surface area contributed by atoms with Crippen molar-refractivity contribution in [2.75, 3.05) is 33.7 Å². The highest BCUT2D eigenvalue weighted by Crippen LogP contribution is 2.32. The number of likely N-dealkylation sites (tertiary alicyclic amines) is 1. The second-order valence-electron chi connectivity index (χ2n) is 8.02. The van der Waals surface area contributed by atoms with E-state index in [9.17, 15) is 9.59 Å². The summed E-state index contributed by atoms with van der Waals surface area (Å²) in [6, 6.07) is 4.06. The molecule has 4 rings (SSSR count). The van der Waals surface area contributed by atoms with Crippen LogP contribution in [0.25, 0.3) is 0 Å². The fourth-order valence-electron chi connectivity index (χ4n) is 4.77. The van der Waals surface area contributed by atoms with Gasteiger partial charge in [-0.25, -0.2) is 0 Å². The van der Waals surface area contributed by atoms with Gasteiger partial charge < -0.3 is 14.8 Å². The number of nitrogens with one attached hydrogen (secondary N) is 1. The van der Waals surface area contributed by atoms with Crippen molar-refractivity contribution in [2.45, 2.75) is 44.3 Å². The molecule has 1 N–H and O–H groups in total. The molecule has 0 aliphatic carbocycles. The molecular formula is C19H30Cl2N4O2. The molecule has 2 fully saturated rings. The lowest BCUT2D eigenvalue weighted by Gasteiger charge is -2.37. The number of fused-ring (bicyclic) bond motifs is 4. The zero-order chi connectivity index (χ0) is 17.6. The molecule has 0 spiro atoms. The first-order valence-corrected chi connectivity index (χ1v) is 9.43. The molecule has 152 valence electrons. The minimum atomic E-state index is -0.0842. The summed E-state index contributed by atoms with van der Waals surface area (Å²) < 4.78 is 2.01. The van der Waals surface area contributed by atoms with Crippen LogP contribution >= 0.6 is 24.8 Å². The summed E-state index contributed by atoms with van der Waals surface area (Å²) in [4.78, 5) is 29.3. The van der Waals surface area contributed by atoms with Crippen molar-refractivity contribution in [3.63, 3.8) is 0 Å². The fraction of sp³-hybridized carbons (Fsp3) is 0.684. The van der Waals surface area contributed by atoms with Crippen molar-refractivity contribution < 1.29 is 4.79 Å². The molecule has 0 radical (unpaired) electrons. The van der Waals surface area contributed by atoms with E-state index in [4.69, 9.17) is 0 Å². The number of amides is 1. The van der Waals surface area contributed by atoms with E-state index in [1.165, 1.54) is 12.1 Å². The quantitative estimate of drug-likeness (QED) is 0.809. The van der Waals surface area contributed by atoms with Crippen molar-refractivity contribution in [1.82, 2.24) is 19.7 Å². The minimum absolute atomic E-state index is 0. The first kappa shape index (κ1) is 22.2. The van der Waals surface area contributed by atoms with E-state index in [0.29, 0.717) is 18.4 Å². The monoisotopic (exact) mass is 416 g/mol. The lowest BCUT2D eigenvalue weighted by Crippen LogP contribution is -2.46.